The Bertz CT molecular complexity index is 778. The van der Waals surface area contributed by atoms with Gasteiger partial charge in [-0.15, -0.1) is 0 Å². The van der Waals surface area contributed by atoms with Crippen molar-refractivity contribution in [2.24, 2.45) is 5.73 Å². The van der Waals surface area contributed by atoms with Gasteiger partial charge in [-0.25, -0.2) is 0 Å². The zero-order valence-electron chi connectivity index (χ0n) is 12.6. The van der Waals surface area contributed by atoms with Crippen molar-refractivity contribution in [2.75, 3.05) is 0 Å². The van der Waals surface area contributed by atoms with Gasteiger partial charge in [0.15, 0.2) is 0 Å². The molecule has 0 spiro atoms. The Hall–Kier alpha value is -1.97. The summed E-state index contributed by atoms with van der Waals surface area (Å²) >= 11 is 5.89. The molecule has 3 rings (SSSR count). The van der Waals surface area contributed by atoms with Gasteiger partial charge in [-0.05, 0) is 42.8 Å². The first kappa shape index (κ1) is 14.9. The van der Waals surface area contributed by atoms with Gasteiger partial charge >= 0.3 is 0 Å². The van der Waals surface area contributed by atoms with Gasteiger partial charge in [0, 0.05) is 40.8 Å². The van der Waals surface area contributed by atoms with Crippen molar-refractivity contribution < 1.29 is 4.74 Å². The molecule has 0 amide bonds. The Labute approximate surface area is 135 Å². The van der Waals surface area contributed by atoms with E-state index in [0.717, 1.165) is 17.9 Å². The van der Waals surface area contributed by atoms with Crippen LogP contribution in [0.3, 0.4) is 0 Å². The fourth-order valence-corrected chi connectivity index (χ4v) is 2.74. The standard InChI is InChI=1S/C18H19ClN2O/c1-2-21-11-14(12-22-16-6-4-15(19)5-7-16)17-8-3-13(10-20)9-18(17)21/h3-9,11H,2,10,12,20H2,1H3. The fraction of sp³-hybridized carbons (Fsp3) is 0.222. The molecule has 114 valence electrons. The summed E-state index contributed by atoms with van der Waals surface area (Å²) < 4.78 is 8.10. The summed E-state index contributed by atoms with van der Waals surface area (Å²) in [5.74, 6) is 0.820. The van der Waals surface area contributed by atoms with Gasteiger partial charge in [-0.3, -0.25) is 0 Å². The van der Waals surface area contributed by atoms with E-state index in [1.807, 2.05) is 24.3 Å². The van der Waals surface area contributed by atoms with E-state index >= 15 is 0 Å². The highest BCUT2D eigenvalue weighted by molar-refractivity contribution is 6.30. The summed E-state index contributed by atoms with van der Waals surface area (Å²) in [7, 11) is 0. The highest BCUT2D eigenvalue weighted by Gasteiger charge is 2.09. The molecule has 0 saturated heterocycles. The molecule has 0 fully saturated rings. The minimum atomic E-state index is 0.535. The van der Waals surface area contributed by atoms with E-state index in [2.05, 4.69) is 35.9 Å². The fourth-order valence-electron chi connectivity index (χ4n) is 2.61. The van der Waals surface area contributed by atoms with Crippen LogP contribution in [0.1, 0.15) is 18.1 Å². The zero-order valence-corrected chi connectivity index (χ0v) is 13.3. The summed E-state index contributed by atoms with van der Waals surface area (Å²) in [4.78, 5) is 0. The number of aromatic nitrogens is 1. The van der Waals surface area contributed by atoms with E-state index in [-0.39, 0.29) is 0 Å². The maximum Gasteiger partial charge on any atom is 0.119 e. The first-order valence-electron chi connectivity index (χ1n) is 7.40. The molecular formula is C18H19ClN2O. The lowest BCUT2D eigenvalue weighted by atomic mass is 10.1. The number of nitrogens with zero attached hydrogens (tertiary/aromatic N) is 1. The Morgan fingerprint density at radius 2 is 1.91 bits per heavy atom. The summed E-state index contributed by atoms with van der Waals surface area (Å²) in [5.41, 5.74) is 9.27. The topological polar surface area (TPSA) is 40.2 Å². The number of rotatable bonds is 5. The predicted octanol–water partition coefficient (Wildman–Crippen LogP) is 4.35. The number of aryl methyl sites for hydroxylation is 1. The average Bonchev–Trinajstić information content (AvgIpc) is 2.91. The largest absolute Gasteiger partial charge is 0.489 e. The molecule has 0 aliphatic carbocycles. The van der Waals surface area contributed by atoms with Crippen LogP contribution in [0.15, 0.2) is 48.7 Å². The lowest BCUT2D eigenvalue weighted by molar-refractivity contribution is 0.307. The quantitative estimate of drug-likeness (QED) is 0.760. The summed E-state index contributed by atoms with van der Waals surface area (Å²) in [6.45, 7) is 4.15. The van der Waals surface area contributed by atoms with Gasteiger partial charge in [0.2, 0.25) is 0 Å². The van der Waals surface area contributed by atoms with Crippen molar-refractivity contribution in [2.45, 2.75) is 26.6 Å². The number of nitrogens with two attached hydrogens (primary N) is 1. The minimum absolute atomic E-state index is 0.535. The molecule has 3 aromatic rings. The molecule has 0 radical (unpaired) electrons. The van der Waals surface area contributed by atoms with Crippen LogP contribution in [0.2, 0.25) is 5.02 Å². The van der Waals surface area contributed by atoms with Crippen LogP contribution in [0.25, 0.3) is 10.9 Å². The second kappa shape index (κ2) is 6.42. The number of fused-ring (bicyclic) bond motifs is 1. The van der Waals surface area contributed by atoms with Crippen LogP contribution in [-0.4, -0.2) is 4.57 Å². The number of halogens is 1. The molecule has 2 aromatic carbocycles. The van der Waals surface area contributed by atoms with Crippen molar-refractivity contribution in [1.82, 2.24) is 4.57 Å². The monoisotopic (exact) mass is 314 g/mol. The molecule has 2 N–H and O–H groups in total. The lowest BCUT2D eigenvalue weighted by Crippen LogP contribution is -1.97. The molecule has 0 saturated carbocycles. The van der Waals surface area contributed by atoms with Crippen LogP contribution in [0, 0.1) is 0 Å². The van der Waals surface area contributed by atoms with Crippen LogP contribution < -0.4 is 10.5 Å². The third-order valence-electron chi connectivity index (χ3n) is 3.81. The van der Waals surface area contributed by atoms with E-state index < -0.39 is 0 Å². The molecule has 0 aliphatic heterocycles. The van der Waals surface area contributed by atoms with Crippen LogP contribution in [0.5, 0.6) is 5.75 Å². The molecular weight excluding hydrogens is 296 g/mol. The lowest BCUT2D eigenvalue weighted by Gasteiger charge is -2.05. The van der Waals surface area contributed by atoms with Crippen molar-refractivity contribution in [1.29, 1.82) is 0 Å². The van der Waals surface area contributed by atoms with Gasteiger partial charge in [0.05, 0.1) is 0 Å². The van der Waals surface area contributed by atoms with E-state index in [4.69, 9.17) is 22.1 Å². The van der Waals surface area contributed by atoms with Gasteiger partial charge in [-0.2, -0.15) is 0 Å². The number of hydrogen-bond donors (Lipinski definition) is 1. The highest BCUT2D eigenvalue weighted by Crippen LogP contribution is 2.25. The van der Waals surface area contributed by atoms with Gasteiger partial charge in [0.1, 0.15) is 12.4 Å². The van der Waals surface area contributed by atoms with Gasteiger partial charge in [0.25, 0.3) is 0 Å². The minimum Gasteiger partial charge on any atom is -0.489 e. The molecule has 0 unspecified atom stereocenters. The summed E-state index contributed by atoms with van der Waals surface area (Å²) in [6.07, 6.45) is 2.15. The smallest absolute Gasteiger partial charge is 0.119 e. The first-order chi connectivity index (χ1) is 10.7. The van der Waals surface area contributed by atoms with E-state index in [9.17, 15) is 0 Å². The second-order valence-corrected chi connectivity index (χ2v) is 5.68. The third kappa shape index (κ3) is 2.96. The average molecular weight is 315 g/mol. The Balaban J connectivity index is 1.88. The summed E-state index contributed by atoms with van der Waals surface area (Å²) in [6, 6.07) is 13.8. The normalized spacial score (nSPS) is 11.0. The molecule has 0 aliphatic rings. The molecule has 3 nitrogen and oxygen atoms in total. The molecule has 1 aromatic heterocycles. The van der Waals surface area contributed by atoms with Crippen molar-refractivity contribution >= 4 is 22.5 Å². The van der Waals surface area contributed by atoms with Gasteiger partial charge < -0.3 is 15.0 Å². The van der Waals surface area contributed by atoms with Crippen LogP contribution in [-0.2, 0) is 19.7 Å². The maximum absolute atomic E-state index is 5.89. The number of hydrogen-bond acceptors (Lipinski definition) is 2. The molecule has 4 heteroatoms. The molecule has 22 heavy (non-hydrogen) atoms. The van der Waals surface area contributed by atoms with E-state index in [1.165, 1.54) is 16.5 Å². The molecule has 0 bridgehead atoms. The van der Waals surface area contributed by atoms with E-state index in [1.54, 1.807) is 0 Å². The SMILES string of the molecule is CCn1cc(COc2ccc(Cl)cc2)c2ccc(CN)cc21. The molecule has 0 atom stereocenters. The summed E-state index contributed by atoms with van der Waals surface area (Å²) in [5, 5.41) is 1.93. The van der Waals surface area contributed by atoms with Crippen LogP contribution in [0.4, 0.5) is 0 Å². The van der Waals surface area contributed by atoms with Crippen molar-refractivity contribution in [3.05, 3.63) is 64.8 Å². The second-order valence-electron chi connectivity index (χ2n) is 5.24. The Morgan fingerprint density at radius 3 is 2.59 bits per heavy atom. The van der Waals surface area contributed by atoms with Crippen molar-refractivity contribution in [3.63, 3.8) is 0 Å². The van der Waals surface area contributed by atoms with Gasteiger partial charge in [-0.1, -0.05) is 23.7 Å². The number of benzene rings is 2. The van der Waals surface area contributed by atoms with E-state index in [0.29, 0.717) is 18.2 Å². The van der Waals surface area contributed by atoms with Crippen molar-refractivity contribution in [3.8, 4) is 5.75 Å². The molecule has 1 heterocycles. The Morgan fingerprint density at radius 1 is 1.14 bits per heavy atom. The third-order valence-corrected chi connectivity index (χ3v) is 4.07. The maximum atomic E-state index is 5.89. The predicted molar refractivity (Wildman–Crippen MR) is 91.3 cm³/mol. The highest BCUT2D eigenvalue weighted by atomic mass is 35.5. The number of ether oxygens (including phenoxy) is 1. The first-order valence-corrected chi connectivity index (χ1v) is 7.78. The zero-order chi connectivity index (χ0) is 15.5. The van der Waals surface area contributed by atoms with Crippen LogP contribution >= 0.6 is 11.6 Å². The Kier molecular flexibility index (Phi) is 4.36.